The van der Waals surface area contributed by atoms with Crippen LogP contribution < -0.4 is 4.74 Å². The van der Waals surface area contributed by atoms with Crippen molar-refractivity contribution in [2.24, 2.45) is 0 Å². The normalized spacial score (nSPS) is 13.3. The summed E-state index contributed by atoms with van der Waals surface area (Å²) in [5.41, 5.74) is 2.51. The molecule has 0 aliphatic carbocycles. The average molecular weight is 304 g/mol. The number of aliphatic hydroxyl groups excluding tert-OH is 1. The number of hydrogen-bond donors (Lipinski definition) is 1. The summed E-state index contributed by atoms with van der Waals surface area (Å²) in [7, 11) is 0. The van der Waals surface area contributed by atoms with E-state index < -0.39 is 5.60 Å². The average Bonchev–Trinajstić information content (AvgIpc) is 2.64. The van der Waals surface area contributed by atoms with Crippen LogP contribution in [0.15, 0.2) is 84.9 Å². The molecule has 3 aromatic carbocycles. The molecular weight excluding hydrogens is 284 g/mol. The highest BCUT2D eigenvalue weighted by Gasteiger charge is 2.27. The highest BCUT2D eigenvalue weighted by Crippen LogP contribution is 2.29. The third kappa shape index (κ3) is 3.43. The van der Waals surface area contributed by atoms with E-state index in [0.29, 0.717) is 0 Å². The Hall–Kier alpha value is -2.58. The summed E-state index contributed by atoms with van der Waals surface area (Å²) < 4.78 is 6.08. The highest BCUT2D eigenvalue weighted by atomic mass is 16.5. The van der Waals surface area contributed by atoms with E-state index in [1.807, 2.05) is 79.7 Å². The summed E-state index contributed by atoms with van der Waals surface area (Å²) in [5.74, 6) is 0.741. The van der Waals surface area contributed by atoms with Crippen LogP contribution in [0.2, 0.25) is 0 Å². The molecule has 3 aromatic rings. The molecule has 0 saturated carbocycles. The second kappa shape index (κ2) is 6.67. The van der Waals surface area contributed by atoms with Gasteiger partial charge in [0.15, 0.2) is 5.60 Å². The van der Waals surface area contributed by atoms with Crippen molar-refractivity contribution in [2.75, 3.05) is 6.61 Å². The first-order chi connectivity index (χ1) is 11.2. The van der Waals surface area contributed by atoms with Gasteiger partial charge in [0.2, 0.25) is 0 Å². The molecule has 2 nitrogen and oxygen atoms in total. The molecule has 0 fully saturated rings. The fourth-order valence-corrected chi connectivity index (χ4v) is 2.58. The molecule has 1 atom stereocenters. The third-order valence-electron chi connectivity index (χ3n) is 3.99. The fraction of sp³-hybridized carbons (Fsp3) is 0.143. The van der Waals surface area contributed by atoms with Gasteiger partial charge in [-0.2, -0.15) is 0 Å². The molecule has 0 saturated heterocycles. The van der Waals surface area contributed by atoms with Crippen molar-refractivity contribution in [1.29, 1.82) is 0 Å². The van der Waals surface area contributed by atoms with Crippen LogP contribution in [0.1, 0.15) is 12.5 Å². The van der Waals surface area contributed by atoms with E-state index in [9.17, 15) is 5.11 Å². The van der Waals surface area contributed by atoms with Crippen LogP contribution in [-0.4, -0.2) is 11.7 Å². The summed E-state index contributed by atoms with van der Waals surface area (Å²) in [6.07, 6.45) is 0. The van der Waals surface area contributed by atoms with Gasteiger partial charge in [0.25, 0.3) is 0 Å². The van der Waals surface area contributed by atoms with Crippen LogP contribution >= 0.6 is 0 Å². The third-order valence-corrected chi connectivity index (χ3v) is 3.99. The predicted octanol–water partition coefficient (Wildman–Crippen LogP) is 4.64. The predicted molar refractivity (Wildman–Crippen MR) is 93.4 cm³/mol. The summed E-state index contributed by atoms with van der Waals surface area (Å²) >= 11 is 0. The molecular formula is C21H20O2. The van der Waals surface area contributed by atoms with Gasteiger partial charge in [-0.05, 0) is 35.7 Å². The number of ether oxygens (including phenoxy) is 1. The van der Waals surface area contributed by atoms with Crippen LogP contribution in [0.3, 0.4) is 0 Å². The number of hydrogen-bond acceptors (Lipinski definition) is 2. The molecule has 0 aliphatic rings. The van der Waals surface area contributed by atoms with Gasteiger partial charge in [-0.25, -0.2) is 0 Å². The molecule has 0 bridgehead atoms. The Morgan fingerprint density at radius 2 is 1.26 bits per heavy atom. The van der Waals surface area contributed by atoms with Gasteiger partial charge in [-0.3, -0.25) is 0 Å². The summed E-state index contributed by atoms with van der Waals surface area (Å²) in [4.78, 5) is 0. The lowest BCUT2D eigenvalue weighted by molar-refractivity contribution is 0.0217. The largest absolute Gasteiger partial charge is 0.480 e. The molecule has 0 spiro atoms. The Morgan fingerprint density at radius 1 is 0.739 bits per heavy atom. The SMILES string of the molecule is CC(CO)(Oc1ccc(-c2ccccc2)cc1)c1ccccc1. The fourth-order valence-electron chi connectivity index (χ4n) is 2.58. The summed E-state index contributed by atoms with van der Waals surface area (Å²) in [6, 6.07) is 28.0. The van der Waals surface area contributed by atoms with Crippen LogP contribution in [-0.2, 0) is 5.60 Å². The van der Waals surface area contributed by atoms with Crippen molar-refractivity contribution in [1.82, 2.24) is 0 Å². The molecule has 0 radical (unpaired) electrons. The first kappa shape index (κ1) is 15.3. The lowest BCUT2D eigenvalue weighted by Crippen LogP contribution is -2.33. The summed E-state index contributed by atoms with van der Waals surface area (Å²) in [6.45, 7) is 1.81. The van der Waals surface area contributed by atoms with Gasteiger partial charge in [0.05, 0.1) is 6.61 Å². The van der Waals surface area contributed by atoms with E-state index in [1.54, 1.807) is 0 Å². The molecule has 0 aliphatic heterocycles. The second-order valence-electron chi connectivity index (χ2n) is 5.75. The highest BCUT2D eigenvalue weighted by molar-refractivity contribution is 5.63. The molecule has 2 heteroatoms. The van der Waals surface area contributed by atoms with Crippen molar-refractivity contribution in [3.05, 3.63) is 90.5 Å². The van der Waals surface area contributed by atoms with Crippen molar-refractivity contribution >= 4 is 0 Å². The Morgan fingerprint density at radius 3 is 1.83 bits per heavy atom. The lowest BCUT2D eigenvalue weighted by Gasteiger charge is -2.29. The van der Waals surface area contributed by atoms with Gasteiger partial charge in [-0.15, -0.1) is 0 Å². The quantitative estimate of drug-likeness (QED) is 0.744. The van der Waals surface area contributed by atoms with E-state index >= 15 is 0 Å². The van der Waals surface area contributed by atoms with E-state index in [-0.39, 0.29) is 6.61 Å². The van der Waals surface area contributed by atoms with Crippen molar-refractivity contribution in [2.45, 2.75) is 12.5 Å². The van der Waals surface area contributed by atoms with Crippen molar-refractivity contribution < 1.29 is 9.84 Å². The van der Waals surface area contributed by atoms with Gasteiger partial charge >= 0.3 is 0 Å². The molecule has 3 rings (SSSR count). The molecule has 116 valence electrons. The minimum absolute atomic E-state index is 0.0859. The van der Waals surface area contributed by atoms with Crippen molar-refractivity contribution in [3.8, 4) is 16.9 Å². The Kier molecular flexibility index (Phi) is 4.45. The smallest absolute Gasteiger partial charge is 0.154 e. The van der Waals surface area contributed by atoms with E-state index in [1.165, 1.54) is 5.56 Å². The molecule has 0 amide bonds. The zero-order valence-electron chi connectivity index (χ0n) is 13.1. The number of rotatable bonds is 5. The Balaban J connectivity index is 1.82. The lowest BCUT2D eigenvalue weighted by atomic mass is 9.96. The van der Waals surface area contributed by atoms with Gasteiger partial charge < -0.3 is 9.84 Å². The van der Waals surface area contributed by atoms with Crippen LogP contribution in [0.4, 0.5) is 0 Å². The molecule has 23 heavy (non-hydrogen) atoms. The topological polar surface area (TPSA) is 29.5 Å². The maximum Gasteiger partial charge on any atom is 0.154 e. The van der Waals surface area contributed by atoms with E-state index in [4.69, 9.17) is 4.74 Å². The number of benzene rings is 3. The second-order valence-corrected chi connectivity index (χ2v) is 5.75. The Bertz CT molecular complexity index is 736. The zero-order valence-corrected chi connectivity index (χ0v) is 13.1. The molecule has 1 unspecified atom stereocenters. The number of aliphatic hydroxyl groups is 1. The molecule has 1 N–H and O–H groups in total. The Labute approximate surface area is 137 Å². The minimum Gasteiger partial charge on any atom is -0.480 e. The first-order valence-corrected chi connectivity index (χ1v) is 7.72. The maximum atomic E-state index is 9.81. The van der Waals surface area contributed by atoms with Crippen molar-refractivity contribution in [3.63, 3.8) is 0 Å². The van der Waals surface area contributed by atoms with Gasteiger partial charge in [0.1, 0.15) is 5.75 Å². The minimum atomic E-state index is -0.754. The van der Waals surface area contributed by atoms with E-state index in [0.717, 1.165) is 16.9 Å². The standard InChI is InChI=1S/C21H20O2/c1-21(16-22,19-10-6-3-7-11-19)23-20-14-12-18(13-15-20)17-8-4-2-5-9-17/h2-15,22H,16H2,1H3. The van der Waals surface area contributed by atoms with Crippen LogP contribution in [0.25, 0.3) is 11.1 Å². The zero-order chi connectivity index (χ0) is 16.1. The van der Waals surface area contributed by atoms with Crippen LogP contribution in [0.5, 0.6) is 5.75 Å². The maximum absolute atomic E-state index is 9.81. The molecule has 0 heterocycles. The van der Waals surface area contributed by atoms with Gasteiger partial charge in [-0.1, -0.05) is 72.8 Å². The first-order valence-electron chi connectivity index (χ1n) is 7.72. The van der Waals surface area contributed by atoms with Crippen LogP contribution in [0, 0.1) is 0 Å². The monoisotopic (exact) mass is 304 g/mol. The summed E-state index contributed by atoms with van der Waals surface area (Å²) in [5, 5.41) is 9.81. The van der Waals surface area contributed by atoms with Gasteiger partial charge in [0, 0.05) is 0 Å². The van der Waals surface area contributed by atoms with E-state index in [2.05, 4.69) is 12.1 Å². The molecule has 0 aromatic heterocycles.